The van der Waals surface area contributed by atoms with Crippen molar-refractivity contribution >= 4 is 17.3 Å². The maximum absolute atomic E-state index is 11.6. The number of rotatable bonds is 1. The molecular weight excluding hydrogens is 210 g/mol. The molecule has 0 bridgehead atoms. The van der Waals surface area contributed by atoms with E-state index in [1.165, 1.54) is 13.2 Å². The third kappa shape index (κ3) is 1.25. The molecule has 0 aliphatic heterocycles. The molecule has 0 unspecified atom stereocenters. The summed E-state index contributed by atoms with van der Waals surface area (Å²) in [4.78, 5) is 23.1. The van der Waals surface area contributed by atoms with Crippen LogP contribution in [0.4, 0.5) is 5.69 Å². The summed E-state index contributed by atoms with van der Waals surface area (Å²) in [6.45, 7) is 0. The number of ketones is 2. The minimum atomic E-state index is -0.443. The number of ether oxygens (including phenoxy) is 1. The second-order valence-electron chi connectivity index (χ2n) is 3.32. The van der Waals surface area contributed by atoms with Crippen LogP contribution in [0.5, 0.6) is 11.5 Å². The van der Waals surface area contributed by atoms with Gasteiger partial charge in [0.05, 0.1) is 23.9 Å². The fraction of sp³-hybridized carbons (Fsp3) is 0.0909. The highest BCUT2D eigenvalue weighted by molar-refractivity contribution is 6.25. The molecule has 1 aromatic carbocycles. The van der Waals surface area contributed by atoms with E-state index in [2.05, 4.69) is 0 Å². The number of aromatic hydroxyl groups is 1. The molecule has 0 heterocycles. The molecule has 2 rings (SSSR count). The Morgan fingerprint density at radius 2 is 1.75 bits per heavy atom. The van der Waals surface area contributed by atoms with E-state index in [9.17, 15) is 14.7 Å². The standard InChI is InChI=1S/C11H9NO4/c1-16-8-4-7(15)9-5(13)2-3-6(14)10(9)11(8)12/h2-4,15H,12H2,1H3. The maximum Gasteiger partial charge on any atom is 0.190 e. The molecule has 82 valence electrons. The summed E-state index contributed by atoms with van der Waals surface area (Å²) in [5, 5.41) is 9.64. The Bertz CT molecular complexity index is 531. The van der Waals surface area contributed by atoms with Crippen molar-refractivity contribution < 1.29 is 19.4 Å². The number of nitrogen functional groups attached to an aromatic ring is 1. The number of carbonyl (C=O) groups is 2. The molecule has 0 spiro atoms. The molecule has 5 nitrogen and oxygen atoms in total. The summed E-state index contributed by atoms with van der Waals surface area (Å²) < 4.78 is 4.90. The molecule has 0 amide bonds. The second-order valence-corrected chi connectivity index (χ2v) is 3.32. The van der Waals surface area contributed by atoms with Gasteiger partial charge in [0.1, 0.15) is 11.5 Å². The van der Waals surface area contributed by atoms with Gasteiger partial charge in [-0.15, -0.1) is 0 Å². The van der Waals surface area contributed by atoms with E-state index in [0.29, 0.717) is 0 Å². The molecule has 1 aliphatic rings. The minimum absolute atomic E-state index is 0.00403. The number of nitrogens with two attached hydrogens (primary N) is 1. The van der Waals surface area contributed by atoms with Crippen LogP contribution in [0.3, 0.4) is 0 Å². The van der Waals surface area contributed by atoms with Crippen LogP contribution < -0.4 is 10.5 Å². The Hall–Kier alpha value is -2.30. The molecule has 3 N–H and O–H groups in total. The molecule has 5 heteroatoms. The van der Waals surface area contributed by atoms with Crippen molar-refractivity contribution in [1.29, 1.82) is 0 Å². The number of anilines is 1. The van der Waals surface area contributed by atoms with Gasteiger partial charge in [-0.3, -0.25) is 9.59 Å². The Balaban J connectivity index is 2.82. The van der Waals surface area contributed by atoms with Gasteiger partial charge in [0.15, 0.2) is 11.6 Å². The van der Waals surface area contributed by atoms with Crippen molar-refractivity contribution in [3.05, 3.63) is 29.3 Å². The van der Waals surface area contributed by atoms with Gasteiger partial charge in [-0.2, -0.15) is 0 Å². The van der Waals surface area contributed by atoms with Gasteiger partial charge in [-0.1, -0.05) is 0 Å². The van der Waals surface area contributed by atoms with Gasteiger partial charge in [-0.25, -0.2) is 0 Å². The first-order chi connectivity index (χ1) is 7.56. The average molecular weight is 219 g/mol. The Morgan fingerprint density at radius 1 is 1.19 bits per heavy atom. The molecule has 16 heavy (non-hydrogen) atoms. The smallest absolute Gasteiger partial charge is 0.190 e. The summed E-state index contributed by atoms with van der Waals surface area (Å²) in [5.41, 5.74) is 5.70. The molecule has 0 saturated carbocycles. The average Bonchev–Trinajstić information content (AvgIpc) is 2.26. The van der Waals surface area contributed by atoms with Gasteiger partial charge in [0, 0.05) is 6.07 Å². The van der Waals surface area contributed by atoms with E-state index in [1.807, 2.05) is 0 Å². The van der Waals surface area contributed by atoms with E-state index in [-0.39, 0.29) is 28.3 Å². The predicted octanol–water partition coefficient (Wildman–Crippen LogP) is 0.918. The number of methoxy groups -OCH3 is 1. The van der Waals surface area contributed by atoms with E-state index < -0.39 is 11.6 Å². The number of carbonyl (C=O) groups excluding carboxylic acids is 2. The third-order valence-corrected chi connectivity index (χ3v) is 2.41. The third-order valence-electron chi connectivity index (χ3n) is 2.41. The molecule has 0 aromatic heterocycles. The van der Waals surface area contributed by atoms with Gasteiger partial charge in [0.25, 0.3) is 0 Å². The van der Waals surface area contributed by atoms with Crippen LogP contribution >= 0.6 is 0 Å². The number of allylic oxidation sites excluding steroid dienone is 2. The quantitative estimate of drug-likeness (QED) is 0.541. The Labute approximate surface area is 91.1 Å². The largest absolute Gasteiger partial charge is 0.507 e. The van der Waals surface area contributed by atoms with Crippen LogP contribution in [0.2, 0.25) is 0 Å². The van der Waals surface area contributed by atoms with Gasteiger partial charge in [-0.05, 0) is 12.2 Å². The zero-order valence-electron chi connectivity index (χ0n) is 8.48. The summed E-state index contributed by atoms with van der Waals surface area (Å²) in [7, 11) is 1.36. The number of hydrogen-bond donors (Lipinski definition) is 2. The van der Waals surface area contributed by atoms with Crippen LogP contribution in [0, 0.1) is 0 Å². The van der Waals surface area contributed by atoms with E-state index >= 15 is 0 Å². The Morgan fingerprint density at radius 3 is 2.31 bits per heavy atom. The summed E-state index contributed by atoms with van der Waals surface area (Å²) >= 11 is 0. The van der Waals surface area contributed by atoms with Crippen molar-refractivity contribution in [2.75, 3.05) is 12.8 Å². The fourth-order valence-electron chi connectivity index (χ4n) is 1.65. The van der Waals surface area contributed by atoms with Crippen molar-refractivity contribution in [3.8, 4) is 11.5 Å². The molecule has 0 fully saturated rings. The molecule has 0 atom stereocenters. The van der Waals surface area contributed by atoms with E-state index in [1.54, 1.807) is 0 Å². The first-order valence-electron chi connectivity index (χ1n) is 4.52. The van der Waals surface area contributed by atoms with Crippen molar-refractivity contribution in [1.82, 2.24) is 0 Å². The molecular formula is C11H9NO4. The molecule has 0 saturated heterocycles. The van der Waals surface area contributed by atoms with Crippen LogP contribution in [0.25, 0.3) is 0 Å². The lowest BCUT2D eigenvalue weighted by Crippen LogP contribution is -2.15. The lowest BCUT2D eigenvalue weighted by Gasteiger charge is -2.15. The first kappa shape index (κ1) is 10.2. The minimum Gasteiger partial charge on any atom is -0.507 e. The molecule has 1 aromatic rings. The first-order valence-corrected chi connectivity index (χ1v) is 4.52. The lowest BCUT2D eigenvalue weighted by molar-refractivity contribution is 0.0992. The van der Waals surface area contributed by atoms with Crippen LogP contribution in [0.15, 0.2) is 18.2 Å². The highest BCUT2D eigenvalue weighted by Gasteiger charge is 2.27. The topological polar surface area (TPSA) is 89.6 Å². The lowest BCUT2D eigenvalue weighted by atomic mass is 9.92. The van der Waals surface area contributed by atoms with Crippen LogP contribution in [-0.4, -0.2) is 23.8 Å². The highest BCUT2D eigenvalue weighted by atomic mass is 16.5. The van der Waals surface area contributed by atoms with E-state index in [4.69, 9.17) is 10.5 Å². The predicted molar refractivity (Wildman–Crippen MR) is 56.9 cm³/mol. The SMILES string of the molecule is COc1cc(O)c2c(c1N)C(=O)C=CC2=O. The van der Waals surface area contributed by atoms with Crippen molar-refractivity contribution in [2.45, 2.75) is 0 Å². The van der Waals surface area contributed by atoms with Crippen LogP contribution in [-0.2, 0) is 0 Å². The number of fused-ring (bicyclic) bond motifs is 1. The highest BCUT2D eigenvalue weighted by Crippen LogP contribution is 2.37. The number of hydrogen-bond acceptors (Lipinski definition) is 5. The maximum atomic E-state index is 11.6. The van der Waals surface area contributed by atoms with E-state index in [0.717, 1.165) is 12.2 Å². The second kappa shape index (κ2) is 3.37. The molecule has 1 aliphatic carbocycles. The van der Waals surface area contributed by atoms with Crippen molar-refractivity contribution in [2.24, 2.45) is 0 Å². The summed E-state index contributed by atoms with van der Waals surface area (Å²) in [6.07, 6.45) is 2.23. The number of benzene rings is 1. The van der Waals surface area contributed by atoms with Crippen molar-refractivity contribution in [3.63, 3.8) is 0 Å². The Kier molecular flexibility index (Phi) is 2.16. The molecule has 0 radical (unpaired) electrons. The zero-order chi connectivity index (χ0) is 11.9. The van der Waals surface area contributed by atoms with Gasteiger partial charge >= 0.3 is 0 Å². The normalized spacial score (nSPS) is 13.8. The van der Waals surface area contributed by atoms with Gasteiger partial charge in [0.2, 0.25) is 0 Å². The summed E-state index contributed by atoms with van der Waals surface area (Å²) in [5.74, 6) is -0.987. The number of phenolic OH excluding ortho intramolecular Hbond substituents is 1. The number of phenols is 1. The van der Waals surface area contributed by atoms with Crippen LogP contribution in [0.1, 0.15) is 20.7 Å². The fourth-order valence-corrected chi connectivity index (χ4v) is 1.65. The monoisotopic (exact) mass is 219 g/mol. The van der Waals surface area contributed by atoms with Gasteiger partial charge < -0.3 is 15.6 Å². The zero-order valence-corrected chi connectivity index (χ0v) is 8.48. The summed E-state index contributed by atoms with van der Waals surface area (Å²) in [6, 6.07) is 1.22.